The molecule has 1 heterocycles. The molecule has 3 rings (SSSR count). The third kappa shape index (κ3) is 5.01. The number of ether oxygens (including phenoxy) is 2. The average Bonchev–Trinajstić information content (AvgIpc) is 3.19. The molecule has 1 aromatic carbocycles. The molecule has 0 unspecified atom stereocenters. The van der Waals surface area contributed by atoms with Crippen LogP contribution in [0.25, 0.3) is 0 Å². The van der Waals surface area contributed by atoms with Crippen LogP contribution in [0.3, 0.4) is 0 Å². The van der Waals surface area contributed by atoms with Crippen molar-refractivity contribution in [2.24, 2.45) is 5.92 Å². The Morgan fingerprint density at radius 2 is 1.77 bits per heavy atom. The SMILES string of the molecule is CCOC(=O)[C@H]1CC[C@H](n2ncc(C(=O)OCc3ccccc3)c2C(F)(F)F)CC1. The molecule has 0 spiro atoms. The summed E-state index contributed by atoms with van der Waals surface area (Å²) in [5.41, 5.74) is -1.05. The van der Waals surface area contributed by atoms with Crippen LogP contribution in [-0.4, -0.2) is 28.3 Å². The summed E-state index contributed by atoms with van der Waals surface area (Å²) in [5, 5.41) is 3.87. The van der Waals surface area contributed by atoms with E-state index in [1.54, 1.807) is 37.3 Å². The Balaban J connectivity index is 1.74. The van der Waals surface area contributed by atoms with Crippen molar-refractivity contribution in [1.29, 1.82) is 0 Å². The van der Waals surface area contributed by atoms with Gasteiger partial charge in [-0.2, -0.15) is 18.3 Å². The monoisotopic (exact) mass is 424 g/mol. The van der Waals surface area contributed by atoms with E-state index in [-0.39, 0.29) is 25.1 Å². The highest BCUT2D eigenvalue weighted by Crippen LogP contribution is 2.39. The van der Waals surface area contributed by atoms with E-state index in [2.05, 4.69) is 5.10 Å². The number of halogens is 3. The predicted molar refractivity (Wildman–Crippen MR) is 100 cm³/mol. The lowest BCUT2D eigenvalue weighted by molar-refractivity contribution is -0.151. The number of rotatable bonds is 6. The molecule has 1 aliphatic rings. The van der Waals surface area contributed by atoms with Gasteiger partial charge in [-0.1, -0.05) is 30.3 Å². The molecule has 0 atom stereocenters. The number of nitrogens with zero attached hydrogens (tertiary/aromatic N) is 2. The smallest absolute Gasteiger partial charge is 0.433 e. The number of carbonyl (C=O) groups is 2. The van der Waals surface area contributed by atoms with Gasteiger partial charge in [0.25, 0.3) is 0 Å². The van der Waals surface area contributed by atoms with Crippen molar-refractivity contribution in [2.45, 2.75) is 51.4 Å². The van der Waals surface area contributed by atoms with Crippen molar-refractivity contribution in [3.05, 3.63) is 53.3 Å². The largest absolute Gasteiger partial charge is 0.466 e. The van der Waals surface area contributed by atoms with E-state index in [0.717, 1.165) is 10.9 Å². The molecule has 2 aromatic rings. The van der Waals surface area contributed by atoms with Gasteiger partial charge in [0, 0.05) is 0 Å². The molecule has 9 heteroatoms. The first-order valence-corrected chi connectivity index (χ1v) is 9.83. The van der Waals surface area contributed by atoms with Gasteiger partial charge in [-0.05, 0) is 38.2 Å². The van der Waals surface area contributed by atoms with Crippen LogP contribution in [0, 0.1) is 5.92 Å². The van der Waals surface area contributed by atoms with Crippen LogP contribution in [0.4, 0.5) is 13.2 Å². The third-order valence-corrected chi connectivity index (χ3v) is 5.16. The molecular weight excluding hydrogens is 401 g/mol. The minimum atomic E-state index is -4.77. The van der Waals surface area contributed by atoms with E-state index in [0.29, 0.717) is 31.2 Å². The molecule has 0 N–H and O–H groups in total. The summed E-state index contributed by atoms with van der Waals surface area (Å²) in [7, 11) is 0. The average molecular weight is 424 g/mol. The van der Waals surface area contributed by atoms with E-state index < -0.39 is 29.4 Å². The molecule has 0 saturated heterocycles. The highest BCUT2D eigenvalue weighted by Gasteiger charge is 2.43. The fourth-order valence-corrected chi connectivity index (χ4v) is 3.69. The summed E-state index contributed by atoms with van der Waals surface area (Å²) in [6, 6.07) is 8.15. The number of aromatic nitrogens is 2. The topological polar surface area (TPSA) is 70.4 Å². The zero-order valence-corrected chi connectivity index (χ0v) is 16.5. The molecule has 0 radical (unpaired) electrons. The van der Waals surface area contributed by atoms with Crippen molar-refractivity contribution in [3.63, 3.8) is 0 Å². The van der Waals surface area contributed by atoms with Crippen LogP contribution < -0.4 is 0 Å². The second kappa shape index (κ2) is 9.32. The summed E-state index contributed by atoms with van der Waals surface area (Å²) in [5.74, 6) is -1.71. The molecule has 0 aliphatic heterocycles. The molecule has 6 nitrogen and oxygen atoms in total. The lowest BCUT2D eigenvalue weighted by Gasteiger charge is -2.29. The molecule has 1 saturated carbocycles. The van der Waals surface area contributed by atoms with Crippen molar-refractivity contribution >= 4 is 11.9 Å². The summed E-state index contributed by atoms with van der Waals surface area (Å²) >= 11 is 0. The Bertz CT molecular complexity index is 872. The van der Waals surface area contributed by atoms with E-state index in [1.165, 1.54) is 0 Å². The minimum Gasteiger partial charge on any atom is -0.466 e. The van der Waals surface area contributed by atoms with E-state index in [9.17, 15) is 22.8 Å². The summed E-state index contributed by atoms with van der Waals surface area (Å²) < 4.78 is 52.3. The van der Waals surface area contributed by atoms with E-state index in [4.69, 9.17) is 9.47 Å². The maximum Gasteiger partial charge on any atom is 0.433 e. The highest BCUT2D eigenvalue weighted by atomic mass is 19.4. The van der Waals surface area contributed by atoms with Gasteiger partial charge in [0.1, 0.15) is 12.2 Å². The number of hydrogen-bond donors (Lipinski definition) is 0. The zero-order chi connectivity index (χ0) is 21.7. The Morgan fingerprint density at radius 1 is 1.10 bits per heavy atom. The molecule has 0 amide bonds. The third-order valence-electron chi connectivity index (χ3n) is 5.16. The van der Waals surface area contributed by atoms with Crippen LogP contribution in [0.5, 0.6) is 0 Å². The minimum absolute atomic E-state index is 0.132. The van der Waals surface area contributed by atoms with Gasteiger partial charge in [-0.15, -0.1) is 0 Å². The van der Waals surface area contributed by atoms with E-state index >= 15 is 0 Å². The maximum absolute atomic E-state index is 13.8. The molecule has 1 aliphatic carbocycles. The van der Waals surface area contributed by atoms with Gasteiger partial charge in [0.15, 0.2) is 5.69 Å². The van der Waals surface area contributed by atoms with Gasteiger partial charge in [0.05, 0.1) is 24.8 Å². The Kier molecular flexibility index (Phi) is 6.79. The molecule has 162 valence electrons. The number of benzene rings is 1. The van der Waals surface area contributed by atoms with Gasteiger partial charge in [-0.3, -0.25) is 9.48 Å². The second-order valence-corrected chi connectivity index (χ2v) is 7.17. The molecule has 1 fully saturated rings. The molecule has 30 heavy (non-hydrogen) atoms. The maximum atomic E-state index is 13.8. The molecule has 1 aromatic heterocycles. The summed E-state index contributed by atoms with van der Waals surface area (Å²) in [6.07, 6.45) is -2.36. The first-order chi connectivity index (χ1) is 14.3. The summed E-state index contributed by atoms with van der Waals surface area (Å²) in [6.45, 7) is 1.85. The quantitative estimate of drug-likeness (QED) is 0.636. The molecular formula is C21H23F3N2O4. The van der Waals surface area contributed by atoms with E-state index in [1.807, 2.05) is 0 Å². The first-order valence-electron chi connectivity index (χ1n) is 9.83. The fourth-order valence-electron chi connectivity index (χ4n) is 3.69. The highest BCUT2D eigenvalue weighted by molar-refractivity contribution is 5.90. The standard InChI is InChI=1S/C21H23F3N2O4/c1-2-29-19(27)15-8-10-16(11-9-15)26-18(21(22,23)24)17(12-25-26)20(28)30-13-14-6-4-3-5-7-14/h3-7,12,15-16H,2,8-11,13H2,1H3/t15-,16-. The Morgan fingerprint density at radius 3 is 2.37 bits per heavy atom. The van der Waals surface area contributed by atoms with Crippen molar-refractivity contribution < 1.29 is 32.2 Å². The number of alkyl halides is 3. The van der Waals surface area contributed by atoms with Crippen molar-refractivity contribution in [3.8, 4) is 0 Å². The summed E-state index contributed by atoms with van der Waals surface area (Å²) in [4.78, 5) is 24.2. The van der Waals surface area contributed by atoms with Crippen LogP contribution in [-0.2, 0) is 27.1 Å². The lowest BCUT2D eigenvalue weighted by atomic mass is 9.86. The van der Waals surface area contributed by atoms with Crippen LogP contribution in [0.2, 0.25) is 0 Å². The van der Waals surface area contributed by atoms with Crippen LogP contribution in [0.1, 0.15) is 60.3 Å². The molecule has 0 bridgehead atoms. The normalized spacial score (nSPS) is 19.3. The fraction of sp³-hybridized carbons (Fsp3) is 0.476. The lowest BCUT2D eigenvalue weighted by Crippen LogP contribution is -2.28. The Hall–Kier alpha value is -2.84. The van der Waals surface area contributed by atoms with Gasteiger partial charge < -0.3 is 9.47 Å². The second-order valence-electron chi connectivity index (χ2n) is 7.17. The number of carbonyl (C=O) groups excluding carboxylic acids is 2. The number of hydrogen-bond acceptors (Lipinski definition) is 5. The Labute approximate surface area is 172 Å². The number of esters is 2. The van der Waals surface area contributed by atoms with Crippen molar-refractivity contribution in [2.75, 3.05) is 6.61 Å². The first kappa shape index (κ1) is 21.9. The van der Waals surface area contributed by atoms with Crippen LogP contribution >= 0.6 is 0 Å². The van der Waals surface area contributed by atoms with Gasteiger partial charge in [0.2, 0.25) is 0 Å². The van der Waals surface area contributed by atoms with Crippen LogP contribution in [0.15, 0.2) is 36.5 Å². The van der Waals surface area contributed by atoms with Gasteiger partial charge in [-0.25, -0.2) is 4.79 Å². The zero-order valence-electron chi connectivity index (χ0n) is 16.5. The van der Waals surface area contributed by atoms with Crippen molar-refractivity contribution in [1.82, 2.24) is 9.78 Å². The van der Waals surface area contributed by atoms with Gasteiger partial charge >= 0.3 is 18.1 Å². The predicted octanol–water partition coefficient (Wildman–Crippen LogP) is 4.55.